The minimum atomic E-state index is -2.49. The van der Waals surface area contributed by atoms with Gasteiger partial charge in [-0.2, -0.15) is 0 Å². The van der Waals surface area contributed by atoms with Crippen LogP contribution in [0.1, 0.15) is 41.3 Å². The molecule has 1 fully saturated rings. The third-order valence-electron chi connectivity index (χ3n) is 14.3. The van der Waals surface area contributed by atoms with E-state index in [4.69, 9.17) is 9.47 Å². The van der Waals surface area contributed by atoms with Crippen LogP contribution in [-0.4, -0.2) is 75.7 Å². The summed E-state index contributed by atoms with van der Waals surface area (Å²) in [6.07, 6.45) is 6.60. The molecule has 4 atom stereocenters. The van der Waals surface area contributed by atoms with Crippen LogP contribution in [0.5, 0.6) is 5.75 Å². The molecule has 2 aliphatic heterocycles. The molecule has 0 unspecified atom stereocenters. The molecule has 1 spiro atoms. The highest BCUT2D eigenvalue weighted by molar-refractivity contribution is 6.91. The van der Waals surface area contributed by atoms with Gasteiger partial charge < -0.3 is 40.1 Å². The maximum atomic E-state index is 15.7. The van der Waals surface area contributed by atoms with Gasteiger partial charge in [0.15, 0.2) is 5.60 Å². The van der Waals surface area contributed by atoms with Crippen LogP contribution in [0.3, 0.4) is 0 Å². The Labute approximate surface area is 401 Å². The summed E-state index contributed by atoms with van der Waals surface area (Å²) in [5.74, 6) is -0.0000592. The van der Waals surface area contributed by atoms with E-state index in [1.807, 2.05) is 127 Å². The summed E-state index contributed by atoms with van der Waals surface area (Å²) in [7, 11) is -0.826. The molecule has 5 aromatic carbocycles. The van der Waals surface area contributed by atoms with Crippen molar-refractivity contribution in [3.05, 3.63) is 162 Å². The van der Waals surface area contributed by atoms with E-state index in [2.05, 4.69) is 63.1 Å². The number of amides is 3. The van der Waals surface area contributed by atoms with Gasteiger partial charge in [0.2, 0.25) is 11.8 Å². The average molecular weight is 941 g/mol. The molecule has 5 N–H and O–H groups in total. The highest BCUT2D eigenvalue weighted by Gasteiger charge is 2.66. The summed E-state index contributed by atoms with van der Waals surface area (Å²) >= 11 is 0. The minimum absolute atomic E-state index is 0.0229. The van der Waals surface area contributed by atoms with E-state index < -0.39 is 13.7 Å². The smallest absolute Gasteiger partial charge is 0.264 e. The Bertz CT molecular complexity index is 3180. The van der Waals surface area contributed by atoms with E-state index in [1.165, 1.54) is 5.19 Å². The Morgan fingerprint density at radius 3 is 2.10 bits per heavy atom. The third-order valence-corrected chi connectivity index (χ3v) is 18.7. The van der Waals surface area contributed by atoms with Crippen LogP contribution in [0.15, 0.2) is 134 Å². The summed E-state index contributed by atoms with van der Waals surface area (Å²) in [5, 5.41) is 27.6. The van der Waals surface area contributed by atoms with Crippen LogP contribution in [0.2, 0.25) is 18.6 Å². The van der Waals surface area contributed by atoms with Crippen molar-refractivity contribution in [3.63, 3.8) is 0 Å². The van der Waals surface area contributed by atoms with Crippen molar-refractivity contribution in [2.24, 2.45) is 5.92 Å². The summed E-state index contributed by atoms with van der Waals surface area (Å²) in [4.78, 5) is 51.1. The van der Waals surface area contributed by atoms with E-state index in [0.29, 0.717) is 47.7 Å². The quantitative estimate of drug-likeness (QED) is 0.0605. The van der Waals surface area contributed by atoms with Gasteiger partial charge in [-0.1, -0.05) is 91.1 Å². The molecular formula is C54H56N8O6Si. The van der Waals surface area contributed by atoms with Gasteiger partial charge in [0.05, 0.1) is 52.1 Å². The fourth-order valence-corrected chi connectivity index (χ4v) is 15.0. The average Bonchev–Trinajstić information content (AvgIpc) is 4.18. The van der Waals surface area contributed by atoms with Crippen molar-refractivity contribution in [2.75, 3.05) is 29.3 Å². The maximum Gasteiger partial charge on any atom is 0.264 e. The van der Waals surface area contributed by atoms with Crippen molar-refractivity contribution in [3.8, 4) is 5.75 Å². The number of nitrogens with one attached hydrogen (secondary N) is 4. The third kappa shape index (κ3) is 8.62. The van der Waals surface area contributed by atoms with E-state index >= 15 is 4.79 Å². The van der Waals surface area contributed by atoms with Crippen molar-refractivity contribution in [2.45, 2.75) is 76.0 Å². The van der Waals surface area contributed by atoms with Gasteiger partial charge >= 0.3 is 0 Å². The largest absolute Gasteiger partial charge is 0.497 e. The number of ether oxygens (including phenoxy) is 2. The number of hydrogen-bond donors (Lipinski definition) is 5. The Hall–Kier alpha value is -7.33. The summed E-state index contributed by atoms with van der Waals surface area (Å²) < 4.78 is 14.8. The Kier molecular flexibility index (Phi) is 12.3. The van der Waals surface area contributed by atoms with Crippen LogP contribution in [-0.2, 0) is 57.1 Å². The number of methoxy groups -OCH3 is 1. The van der Waals surface area contributed by atoms with Gasteiger partial charge in [-0.15, -0.1) is 5.10 Å². The first-order valence-corrected chi connectivity index (χ1v) is 26.6. The van der Waals surface area contributed by atoms with Crippen LogP contribution < -0.4 is 25.5 Å². The second-order valence-electron chi connectivity index (χ2n) is 18.9. The summed E-state index contributed by atoms with van der Waals surface area (Å²) in [5.41, 5.74) is 6.55. The number of aryl methyl sites for hydroxylation is 1. The topological polar surface area (TPSA) is 179 Å². The normalized spacial score (nSPS) is 18.9. The molecule has 69 heavy (non-hydrogen) atoms. The predicted molar refractivity (Wildman–Crippen MR) is 270 cm³/mol. The second-order valence-corrected chi connectivity index (χ2v) is 23.6. The first-order chi connectivity index (χ1) is 33.4. The number of carbonyl (C=O) groups is 3. The number of rotatable bonds is 16. The number of para-hydroxylation sites is 2. The molecule has 8 aromatic rings. The molecule has 3 amide bonds. The van der Waals surface area contributed by atoms with Crippen molar-refractivity contribution >= 4 is 69.9 Å². The highest BCUT2D eigenvalue weighted by atomic mass is 28.3. The lowest BCUT2D eigenvalue weighted by molar-refractivity contribution is -0.146. The molecule has 0 aliphatic carbocycles. The van der Waals surface area contributed by atoms with Crippen LogP contribution in [0, 0.1) is 5.92 Å². The number of hydrogen-bond acceptors (Lipinski definition) is 8. The standard InChI is InChI=1S/C54H56N8O6Si/c1-34-52(69(3,4)42-20-18-41(67-2)19-21-42)49(23-25-61-33-40(24-26-63)59-60-61)68-54(34)45-29-39(58-51(65)28-37-31-56-47-12-8-6-10-44(37)47)17-22-48(45)62(53(54)66)32-35-13-15-38(16-14-35)57-50(64)27-36-30-55-46-11-7-5-9-43(36)46/h5-22,29-31,33-34,49,52,55-56,63H,23-28,32H2,1-4H3,(H,57,64)(H,58,65)/t34-,49+,52-,54+/m1/s1. The first kappa shape index (κ1) is 45.4. The van der Waals surface area contributed by atoms with Gasteiger partial charge in [0.1, 0.15) is 5.75 Å². The molecule has 0 bridgehead atoms. The molecular weight excluding hydrogens is 885 g/mol. The van der Waals surface area contributed by atoms with Crippen molar-refractivity contribution in [1.82, 2.24) is 25.0 Å². The number of benzene rings is 5. The van der Waals surface area contributed by atoms with E-state index in [9.17, 15) is 14.7 Å². The second kappa shape index (κ2) is 18.6. The first-order valence-electron chi connectivity index (χ1n) is 23.5. The fourth-order valence-electron chi connectivity index (χ4n) is 10.9. The van der Waals surface area contributed by atoms with E-state index in [-0.39, 0.29) is 61.3 Å². The lowest BCUT2D eigenvalue weighted by Crippen LogP contribution is -2.51. The molecule has 0 saturated carbocycles. The summed E-state index contributed by atoms with van der Waals surface area (Å²) in [6, 6.07) is 37.4. The number of aliphatic hydroxyl groups excluding tert-OH is 1. The van der Waals surface area contributed by atoms with Crippen LogP contribution in [0.4, 0.5) is 17.1 Å². The van der Waals surface area contributed by atoms with Gasteiger partial charge in [-0.25, -0.2) is 0 Å². The minimum Gasteiger partial charge on any atom is -0.497 e. The molecule has 1 saturated heterocycles. The Balaban J connectivity index is 0.975. The van der Waals surface area contributed by atoms with Crippen LogP contribution in [0.25, 0.3) is 21.8 Å². The Morgan fingerprint density at radius 1 is 0.841 bits per heavy atom. The number of anilines is 3. The van der Waals surface area contributed by atoms with Crippen molar-refractivity contribution in [1.29, 1.82) is 0 Å². The number of carbonyl (C=O) groups excluding carboxylic acids is 3. The number of aromatic amines is 2. The molecule has 15 heteroatoms. The van der Waals surface area contributed by atoms with Gasteiger partial charge in [-0.3, -0.25) is 19.1 Å². The maximum absolute atomic E-state index is 15.7. The lowest BCUT2D eigenvalue weighted by Gasteiger charge is -2.37. The SMILES string of the molecule is COc1ccc([Si](C)(C)[C@H]2[C@H](CCn3cc(CCO)nn3)O[C@@]3(C(=O)N(Cc4ccc(NC(=O)Cc5c[nH]c6ccccc56)cc4)c4ccc(NC(=O)Cc5c[nH]c6ccccc56)cc43)[C@@H]2C)cc1. The predicted octanol–water partition coefficient (Wildman–Crippen LogP) is 8.00. The molecule has 3 aromatic heterocycles. The van der Waals surface area contributed by atoms with Crippen molar-refractivity contribution < 1.29 is 29.0 Å². The molecule has 0 radical (unpaired) electrons. The number of aromatic nitrogens is 5. The summed E-state index contributed by atoms with van der Waals surface area (Å²) in [6.45, 7) is 7.57. The highest BCUT2D eigenvalue weighted by Crippen LogP contribution is 2.60. The molecule has 2 aliphatic rings. The monoisotopic (exact) mass is 940 g/mol. The molecule has 14 nitrogen and oxygen atoms in total. The zero-order valence-corrected chi connectivity index (χ0v) is 40.2. The van der Waals surface area contributed by atoms with Gasteiger partial charge in [0, 0.05) is 82.8 Å². The zero-order chi connectivity index (χ0) is 47.9. The number of aliphatic hydroxyl groups is 1. The van der Waals surface area contributed by atoms with Crippen LogP contribution >= 0.6 is 0 Å². The zero-order valence-electron chi connectivity index (χ0n) is 39.2. The Morgan fingerprint density at radius 2 is 1.46 bits per heavy atom. The molecule has 10 rings (SSSR count). The molecule has 5 heterocycles. The fraction of sp³-hybridized carbons (Fsp3) is 0.278. The van der Waals surface area contributed by atoms with E-state index in [1.54, 1.807) is 11.8 Å². The van der Waals surface area contributed by atoms with Gasteiger partial charge in [-0.05, 0) is 83.2 Å². The number of H-pyrrole nitrogens is 2. The number of nitrogens with zero attached hydrogens (tertiary/aromatic N) is 4. The van der Waals surface area contributed by atoms with Gasteiger partial charge in [0.25, 0.3) is 5.91 Å². The lowest BCUT2D eigenvalue weighted by atomic mass is 9.82. The molecule has 352 valence electrons. The van der Waals surface area contributed by atoms with E-state index in [0.717, 1.165) is 44.2 Å². The number of fused-ring (bicyclic) bond motifs is 4.